The Kier molecular flexibility index (Phi) is 8.41. The molecule has 0 saturated carbocycles. The lowest BCUT2D eigenvalue weighted by Gasteiger charge is -2.40. The number of aliphatic hydroxyl groups is 3. The quantitative estimate of drug-likeness (QED) is 0.405. The Hall–Kier alpha value is -2.11. The van der Waals surface area contributed by atoms with E-state index in [1.54, 1.807) is 11.8 Å². The van der Waals surface area contributed by atoms with Gasteiger partial charge in [0.05, 0.1) is 12.8 Å². The number of hydrogen-bond donors (Lipinski definition) is 3. The maximum atomic E-state index is 11.4. The van der Waals surface area contributed by atoms with Crippen molar-refractivity contribution in [2.45, 2.75) is 68.6 Å². The normalized spacial score (nSPS) is 25.3. The number of carbonyl (C=O) groups is 1. The zero-order valence-corrected chi connectivity index (χ0v) is 20.3. The molecule has 3 N–H and O–H groups in total. The summed E-state index contributed by atoms with van der Waals surface area (Å²) < 4.78 is 17.2. The van der Waals surface area contributed by atoms with Crippen LogP contribution in [-0.4, -0.2) is 75.6 Å². The maximum Gasteiger partial charge on any atom is 0.508 e. The van der Waals surface area contributed by atoms with E-state index >= 15 is 0 Å². The van der Waals surface area contributed by atoms with Crippen molar-refractivity contribution in [2.75, 3.05) is 20.0 Å². The standard InChI is InChI=1S/C23H32N2O7S/c1-12(2)25-13(3)16(10-14-6-8-15(33-5)9-7-14)18(24-25)22-21(28)20(27)19(26)17(32-22)11-31-23(29)30-4/h6-9,12,17,19-22,26-28H,10-11H2,1-5H3/t17-,19-,20+,21-,22+/m1/s1. The molecule has 33 heavy (non-hydrogen) atoms. The van der Waals surface area contributed by atoms with Gasteiger partial charge in [-0.2, -0.15) is 5.10 Å². The molecule has 0 aliphatic carbocycles. The van der Waals surface area contributed by atoms with Crippen LogP contribution < -0.4 is 0 Å². The molecule has 1 aromatic heterocycles. The Balaban J connectivity index is 1.96. The number of aromatic nitrogens is 2. The monoisotopic (exact) mass is 480 g/mol. The summed E-state index contributed by atoms with van der Waals surface area (Å²) in [6, 6.07) is 8.25. The summed E-state index contributed by atoms with van der Waals surface area (Å²) in [4.78, 5) is 12.5. The minimum absolute atomic E-state index is 0.0612. The first-order chi connectivity index (χ1) is 15.7. The van der Waals surface area contributed by atoms with Gasteiger partial charge in [0.1, 0.15) is 37.1 Å². The molecule has 2 aromatic rings. The van der Waals surface area contributed by atoms with E-state index in [0.717, 1.165) is 21.7 Å². The van der Waals surface area contributed by atoms with Crippen molar-refractivity contribution >= 4 is 17.9 Å². The van der Waals surface area contributed by atoms with Crippen molar-refractivity contribution in [2.24, 2.45) is 0 Å². The number of carbonyl (C=O) groups excluding carboxylic acids is 1. The zero-order chi connectivity index (χ0) is 24.3. The number of aliphatic hydroxyl groups excluding tert-OH is 3. The van der Waals surface area contributed by atoms with E-state index < -0.39 is 36.7 Å². The highest BCUT2D eigenvalue weighted by molar-refractivity contribution is 7.98. The summed E-state index contributed by atoms with van der Waals surface area (Å²) in [5, 5.41) is 36.4. The highest BCUT2D eigenvalue weighted by Crippen LogP contribution is 2.36. The number of methoxy groups -OCH3 is 1. The third-order valence-electron chi connectivity index (χ3n) is 5.85. The smallest absolute Gasteiger partial charge is 0.438 e. The van der Waals surface area contributed by atoms with Crippen LogP contribution in [0.15, 0.2) is 29.2 Å². The molecule has 1 aliphatic rings. The molecule has 0 unspecified atom stereocenters. The molecule has 2 heterocycles. The summed E-state index contributed by atoms with van der Waals surface area (Å²) in [5.74, 6) is 0. The lowest BCUT2D eigenvalue weighted by atomic mass is 9.90. The molecule has 0 radical (unpaired) electrons. The number of rotatable bonds is 7. The van der Waals surface area contributed by atoms with E-state index in [9.17, 15) is 20.1 Å². The molecule has 9 nitrogen and oxygen atoms in total. The Bertz CT molecular complexity index is 947. The van der Waals surface area contributed by atoms with Crippen molar-refractivity contribution < 1.29 is 34.3 Å². The summed E-state index contributed by atoms with van der Waals surface area (Å²) >= 11 is 1.66. The predicted molar refractivity (Wildman–Crippen MR) is 122 cm³/mol. The van der Waals surface area contributed by atoms with Crippen LogP contribution in [0.5, 0.6) is 0 Å². The van der Waals surface area contributed by atoms with Crippen molar-refractivity contribution in [3.8, 4) is 0 Å². The molecule has 10 heteroatoms. The van der Waals surface area contributed by atoms with Crippen LogP contribution >= 0.6 is 11.8 Å². The molecule has 1 fully saturated rings. The van der Waals surface area contributed by atoms with Gasteiger partial charge in [0.2, 0.25) is 0 Å². The fourth-order valence-corrected chi connectivity index (χ4v) is 4.40. The van der Waals surface area contributed by atoms with Gasteiger partial charge in [-0.05, 0) is 44.7 Å². The topological polar surface area (TPSA) is 123 Å². The molecular formula is C23H32N2O7S. The van der Waals surface area contributed by atoms with E-state index in [-0.39, 0.29) is 12.6 Å². The van der Waals surface area contributed by atoms with Gasteiger partial charge in [0.15, 0.2) is 0 Å². The summed E-state index contributed by atoms with van der Waals surface area (Å²) in [6.45, 7) is 5.62. The fraction of sp³-hybridized carbons (Fsp3) is 0.565. The van der Waals surface area contributed by atoms with Crippen LogP contribution in [0.2, 0.25) is 0 Å². The van der Waals surface area contributed by atoms with Gasteiger partial charge < -0.3 is 29.5 Å². The Morgan fingerprint density at radius 2 is 1.85 bits per heavy atom. The van der Waals surface area contributed by atoms with Crippen molar-refractivity contribution in [1.82, 2.24) is 9.78 Å². The second-order valence-electron chi connectivity index (χ2n) is 8.34. The first-order valence-corrected chi connectivity index (χ1v) is 12.0. The number of ether oxygens (including phenoxy) is 3. The average molecular weight is 481 g/mol. The van der Waals surface area contributed by atoms with Crippen LogP contribution in [0.4, 0.5) is 4.79 Å². The summed E-state index contributed by atoms with van der Waals surface area (Å²) in [7, 11) is 1.17. The lowest BCUT2D eigenvalue weighted by Crippen LogP contribution is -2.55. The molecule has 1 aliphatic heterocycles. The highest BCUT2D eigenvalue weighted by Gasteiger charge is 2.46. The largest absolute Gasteiger partial charge is 0.508 e. The lowest BCUT2D eigenvalue weighted by molar-refractivity contribution is -0.233. The van der Waals surface area contributed by atoms with Gasteiger partial charge in [0.25, 0.3) is 0 Å². The second-order valence-corrected chi connectivity index (χ2v) is 9.22. The SMILES string of the molecule is COC(=O)OC[C@H]1O[C@@H](c2nn(C(C)C)c(C)c2Cc2ccc(SC)cc2)[C@H](O)[C@@H](O)[C@@H]1O. The van der Waals surface area contributed by atoms with Crippen LogP contribution in [0.3, 0.4) is 0 Å². The van der Waals surface area contributed by atoms with Gasteiger partial charge in [-0.3, -0.25) is 4.68 Å². The first kappa shape index (κ1) is 25.5. The third kappa shape index (κ3) is 5.52. The highest BCUT2D eigenvalue weighted by atomic mass is 32.2. The van der Waals surface area contributed by atoms with Crippen LogP contribution in [0.25, 0.3) is 0 Å². The second kappa shape index (κ2) is 10.9. The van der Waals surface area contributed by atoms with Gasteiger partial charge >= 0.3 is 6.16 Å². The van der Waals surface area contributed by atoms with Crippen molar-refractivity contribution in [1.29, 1.82) is 0 Å². The minimum Gasteiger partial charge on any atom is -0.438 e. The third-order valence-corrected chi connectivity index (χ3v) is 6.59. The van der Waals surface area contributed by atoms with Gasteiger partial charge in [-0.15, -0.1) is 11.8 Å². The molecule has 5 atom stereocenters. The van der Waals surface area contributed by atoms with Gasteiger partial charge in [0, 0.05) is 28.6 Å². The van der Waals surface area contributed by atoms with Crippen molar-refractivity contribution in [3.63, 3.8) is 0 Å². The first-order valence-electron chi connectivity index (χ1n) is 10.8. The van der Waals surface area contributed by atoms with Gasteiger partial charge in [-0.1, -0.05) is 12.1 Å². The van der Waals surface area contributed by atoms with Crippen LogP contribution in [0, 0.1) is 6.92 Å². The molecular weight excluding hydrogens is 448 g/mol. The van der Waals surface area contributed by atoms with Crippen molar-refractivity contribution in [3.05, 3.63) is 46.8 Å². The molecule has 3 rings (SSSR count). The predicted octanol–water partition coefficient (Wildman–Crippen LogP) is 2.39. The Morgan fingerprint density at radius 1 is 1.18 bits per heavy atom. The van der Waals surface area contributed by atoms with E-state index in [4.69, 9.17) is 14.6 Å². The molecule has 0 bridgehead atoms. The van der Waals surface area contributed by atoms with Crippen LogP contribution in [0.1, 0.15) is 48.5 Å². The zero-order valence-electron chi connectivity index (χ0n) is 19.5. The number of hydrogen-bond acceptors (Lipinski definition) is 9. The average Bonchev–Trinajstić information content (AvgIpc) is 3.13. The molecule has 182 valence electrons. The van der Waals surface area contributed by atoms with E-state index in [2.05, 4.69) is 4.74 Å². The fourth-order valence-electron chi connectivity index (χ4n) is 4.00. The summed E-state index contributed by atoms with van der Waals surface area (Å²) in [5.41, 5.74) is 3.35. The molecule has 0 spiro atoms. The molecule has 1 saturated heterocycles. The maximum absolute atomic E-state index is 11.4. The number of benzene rings is 1. The number of nitrogens with zero attached hydrogens (tertiary/aromatic N) is 2. The minimum atomic E-state index is -1.51. The van der Waals surface area contributed by atoms with Crippen LogP contribution in [-0.2, 0) is 20.6 Å². The number of thioether (sulfide) groups is 1. The van der Waals surface area contributed by atoms with E-state index in [0.29, 0.717) is 12.1 Å². The van der Waals surface area contributed by atoms with E-state index in [1.165, 1.54) is 7.11 Å². The Morgan fingerprint density at radius 3 is 2.42 bits per heavy atom. The molecule has 1 aromatic carbocycles. The summed E-state index contributed by atoms with van der Waals surface area (Å²) in [6.07, 6.45) is -4.81. The Labute approximate surface area is 197 Å². The molecule has 0 amide bonds. The van der Waals surface area contributed by atoms with Gasteiger partial charge in [-0.25, -0.2) is 4.79 Å². The van der Waals surface area contributed by atoms with E-state index in [1.807, 2.05) is 56.0 Å².